The highest BCUT2D eigenvalue weighted by atomic mass is 16.7. The molecule has 1 aliphatic carbocycles. The van der Waals surface area contributed by atoms with Crippen molar-refractivity contribution in [1.29, 1.82) is 0 Å². The number of ether oxygens (including phenoxy) is 2. The van der Waals surface area contributed by atoms with Crippen LogP contribution in [0, 0.1) is 6.92 Å². The first kappa shape index (κ1) is 17.0. The van der Waals surface area contributed by atoms with E-state index in [0.29, 0.717) is 11.3 Å². The second kappa shape index (κ2) is 6.23. The fourth-order valence-electron chi connectivity index (χ4n) is 2.34. The lowest BCUT2D eigenvalue weighted by atomic mass is 10.1. The molecule has 1 saturated heterocycles. The molecular formula is C18H20N2O5. The maximum absolute atomic E-state index is 12.1. The number of nitrogens with one attached hydrogen (secondary N) is 2. The molecule has 1 aliphatic heterocycles. The summed E-state index contributed by atoms with van der Waals surface area (Å²) in [5, 5.41) is 5.81. The first-order valence-corrected chi connectivity index (χ1v) is 8.10. The average Bonchev–Trinajstić information content (AvgIpc) is 3.30. The minimum absolute atomic E-state index is 0.142. The number of aryl methyl sites for hydroxylation is 1. The topological polar surface area (TPSA) is 93.7 Å². The number of hydrogen-bond donors (Lipinski definition) is 2. The number of amides is 1. The van der Waals surface area contributed by atoms with Gasteiger partial charge in [-0.2, -0.15) is 0 Å². The second-order valence-electron chi connectivity index (χ2n) is 6.66. The molecule has 2 fully saturated rings. The van der Waals surface area contributed by atoms with Gasteiger partial charge in [0.1, 0.15) is 0 Å². The highest BCUT2D eigenvalue weighted by Gasteiger charge is 2.39. The van der Waals surface area contributed by atoms with E-state index in [2.05, 4.69) is 10.6 Å². The average molecular weight is 344 g/mol. The molecule has 2 N–H and O–H groups in total. The standard InChI is InChI=1S/C18H20N2O5/c1-10-4-5-11(15(21)20-12-6-7-12)8-14(10)19-9-13-16(22)24-18(2,3)25-17(13)23/h4-5,8-9,12,19H,6-7H2,1-3H3,(H,20,21). The zero-order valence-corrected chi connectivity index (χ0v) is 14.3. The van der Waals surface area contributed by atoms with Crippen LogP contribution in [0.5, 0.6) is 0 Å². The molecule has 1 saturated carbocycles. The molecule has 0 unspecified atom stereocenters. The smallest absolute Gasteiger partial charge is 0.350 e. The second-order valence-corrected chi connectivity index (χ2v) is 6.66. The van der Waals surface area contributed by atoms with Crippen molar-refractivity contribution in [2.45, 2.75) is 45.4 Å². The number of cyclic esters (lactones) is 2. The summed E-state index contributed by atoms with van der Waals surface area (Å²) in [5.74, 6) is -2.93. The van der Waals surface area contributed by atoms with E-state index in [9.17, 15) is 14.4 Å². The van der Waals surface area contributed by atoms with E-state index < -0.39 is 17.7 Å². The van der Waals surface area contributed by atoms with Crippen molar-refractivity contribution >= 4 is 23.5 Å². The maximum Gasteiger partial charge on any atom is 0.350 e. The number of rotatable bonds is 4. The third-order valence-electron chi connectivity index (χ3n) is 3.90. The summed E-state index contributed by atoms with van der Waals surface area (Å²) in [6, 6.07) is 5.47. The molecule has 0 spiro atoms. The Morgan fingerprint density at radius 3 is 2.44 bits per heavy atom. The maximum atomic E-state index is 12.1. The van der Waals surface area contributed by atoms with E-state index in [-0.39, 0.29) is 17.5 Å². The summed E-state index contributed by atoms with van der Waals surface area (Å²) in [7, 11) is 0. The number of esters is 2. The molecular weight excluding hydrogens is 324 g/mol. The highest BCUT2D eigenvalue weighted by Crippen LogP contribution is 2.24. The van der Waals surface area contributed by atoms with Crippen LogP contribution in [0.25, 0.3) is 0 Å². The molecule has 0 radical (unpaired) electrons. The quantitative estimate of drug-likeness (QED) is 0.493. The molecule has 7 nitrogen and oxygen atoms in total. The van der Waals surface area contributed by atoms with Crippen molar-refractivity contribution in [1.82, 2.24) is 5.32 Å². The molecule has 0 aromatic heterocycles. The van der Waals surface area contributed by atoms with Crippen LogP contribution in [-0.4, -0.2) is 29.7 Å². The Kier molecular flexibility index (Phi) is 4.24. The van der Waals surface area contributed by atoms with E-state index in [1.54, 1.807) is 18.2 Å². The molecule has 1 heterocycles. The third-order valence-corrected chi connectivity index (χ3v) is 3.90. The van der Waals surface area contributed by atoms with Gasteiger partial charge in [-0.1, -0.05) is 6.07 Å². The van der Waals surface area contributed by atoms with Crippen molar-refractivity contribution in [2.24, 2.45) is 0 Å². The normalized spacial score (nSPS) is 18.9. The first-order valence-electron chi connectivity index (χ1n) is 8.10. The Labute approximate surface area is 145 Å². The first-order chi connectivity index (χ1) is 11.7. The molecule has 0 atom stereocenters. The van der Waals surface area contributed by atoms with Crippen molar-refractivity contribution < 1.29 is 23.9 Å². The van der Waals surface area contributed by atoms with Crippen LogP contribution in [0.4, 0.5) is 5.69 Å². The zero-order chi connectivity index (χ0) is 18.2. The van der Waals surface area contributed by atoms with Gasteiger partial charge in [-0.15, -0.1) is 0 Å². The lowest BCUT2D eigenvalue weighted by molar-refractivity contribution is -0.222. The van der Waals surface area contributed by atoms with Gasteiger partial charge in [-0.25, -0.2) is 9.59 Å². The molecule has 7 heteroatoms. The summed E-state index contributed by atoms with van der Waals surface area (Å²) >= 11 is 0. The van der Waals surface area contributed by atoms with Gasteiger partial charge in [0.25, 0.3) is 11.7 Å². The van der Waals surface area contributed by atoms with E-state index in [1.807, 2.05) is 6.92 Å². The number of benzene rings is 1. The molecule has 25 heavy (non-hydrogen) atoms. The number of anilines is 1. The Morgan fingerprint density at radius 1 is 1.20 bits per heavy atom. The predicted octanol–water partition coefficient (Wildman–Crippen LogP) is 2.02. The van der Waals surface area contributed by atoms with E-state index in [4.69, 9.17) is 9.47 Å². The zero-order valence-electron chi connectivity index (χ0n) is 14.3. The van der Waals surface area contributed by atoms with Crippen LogP contribution in [0.1, 0.15) is 42.6 Å². The lowest BCUT2D eigenvalue weighted by Crippen LogP contribution is -2.42. The molecule has 2 aliphatic rings. The van der Waals surface area contributed by atoms with Crippen LogP contribution < -0.4 is 10.6 Å². The molecule has 3 rings (SSSR count). The summed E-state index contributed by atoms with van der Waals surface area (Å²) < 4.78 is 10.1. The fraction of sp³-hybridized carbons (Fsp3) is 0.389. The minimum atomic E-state index is -1.28. The summed E-state index contributed by atoms with van der Waals surface area (Å²) in [6.45, 7) is 4.82. The van der Waals surface area contributed by atoms with E-state index in [0.717, 1.165) is 18.4 Å². The van der Waals surface area contributed by atoms with Gasteiger partial charge in [-0.3, -0.25) is 4.79 Å². The fourth-order valence-corrected chi connectivity index (χ4v) is 2.34. The summed E-state index contributed by atoms with van der Waals surface area (Å²) in [4.78, 5) is 36.0. The van der Waals surface area contributed by atoms with Crippen LogP contribution in [0.3, 0.4) is 0 Å². The largest absolute Gasteiger partial charge is 0.419 e. The Bertz CT molecular complexity index is 756. The Balaban J connectivity index is 1.77. The number of carbonyl (C=O) groups is 3. The molecule has 1 amide bonds. The highest BCUT2D eigenvalue weighted by molar-refractivity contribution is 6.15. The van der Waals surface area contributed by atoms with Crippen molar-refractivity contribution in [3.63, 3.8) is 0 Å². The van der Waals surface area contributed by atoms with Crippen molar-refractivity contribution in [3.8, 4) is 0 Å². The van der Waals surface area contributed by atoms with Gasteiger partial charge in [0.2, 0.25) is 0 Å². The van der Waals surface area contributed by atoms with Crippen LogP contribution >= 0.6 is 0 Å². The molecule has 132 valence electrons. The van der Waals surface area contributed by atoms with Gasteiger partial charge in [0, 0.05) is 37.3 Å². The lowest BCUT2D eigenvalue weighted by Gasteiger charge is -2.29. The molecule has 1 aromatic rings. The molecule has 1 aromatic carbocycles. The predicted molar refractivity (Wildman–Crippen MR) is 89.6 cm³/mol. The van der Waals surface area contributed by atoms with Crippen molar-refractivity contribution in [3.05, 3.63) is 41.1 Å². The number of hydrogen-bond acceptors (Lipinski definition) is 6. The van der Waals surface area contributed by atoms with Gasteiger partial charge in [0.05, 0.1) is 0 Å². The molecule has 0 bridgehead atoms. The third kappa shape index (κ3) is 3.99. The number of carbonyl (C=O) groups excluding carboxylic acids is 3. The van der Waals surface area contributed by atoms with E-state index >= 15 is 0 Å². The summed E-state index contributed by atoms with van der Waals surface area (Å²) in [6.07, 6.45) is 3.26. The van der Waals surface area contributed by atoms with Crippen LogP contribution in [-0.2, 0) is 19.1 Å². The monoisotopic (exact) mass is 344 g/mol. The summed E-state index contributed by atoms with van der Waals surface area (Å²) in [5.41, 5.74) is 1.75. The SMILES string of the molecule is Cc1ccc(C(=O)NC2CC2)cc1NC=C1C(=O)OC(C)(C)OC1=O. The van der Waals surface area contributed by atoms with Crippen LogP contribution in [0.2, 0.25) is 0 Å². The van der Waals surface area contributed by atoms with Gasteiger partial charge >= 0.3 is 11.9 Å². The van der Waals surface area contributed by atoms with Gasteiger partial charge < -0.3 is 20.1 Å². The van der Waals surface area contributed by atoms with E-state index in [1.165, 1.54) is 20.0 Å². The van der Waals surface area contributed by atoms with Gasteiger partial charge in [-0.05, 0) is 37.5 Å². The Morgan fingerprint density at radius 2 is 1.84 bits per heavy atom. The van der Waals surface area contributed by atoms with Crippen molar-refractivity contribution in [2.75, 3.05) is 5.32 Å². The Hall–Kier alpha value is -2.83. The minimum Gasteiger partial charge on any atom is -0.419 e. The van der Waals surface area contributed by atoms with Crippen LogP contribution in [0.15, 0.2) is 30.0 Å². The van der Waals surface area contributed by atoms with Gasteiger partial charge in [0.15, 0.2) is 5.57 Å².